The van der Waals surface area contributed by atoms with E-state index in [1.165, 1.54) is 0 Å². The number of methoxy groups -OCH3 is 1. The molecule has 0 aliphatic carbocycles. The third-order valence-electron chi connectivity index (χ3n) is 3.11. The molecule has 1 atom stereocenters. The van der Waals surface area contributed by atoms with Crippen LogP contribution in [0.25, 0.3) is 0 Å². The number of halogens is 1. The lowest BCUT2D eigenvalue weighted by atomic mass is 10.2. The van der Waals surface area contributed by atoms with Gasteiger partial charge in [0.25, 0.3) is 5.91 Å². The van der Waals surface area contributed by atoms with Gasteiger partial charge in [-0.2, -0.15) is 0 Å². The maximum atomic E-state index is 12.4. The molecule has 0 bridgehead atoms. The lowest BCUT2D eigenvalue weighted by Gasteiger charge is -2.18. The summed E-state index contributed by atoms with van der Waals surface area (Å²) in [4.78, 5) is 12.4. The molecule has 5 heteroatoms. The number of ether oxygens (including phenoxy) is 2. The van der Waals surface area contributed by atoms with E-state index in [1.54, 1.807) is 19.2 Å². The van der Waals surface area contributed by atoms with Gasteiger partial charge in [0.05, 0.1) is 12.8 Å². The Morgan fingerprint density at radius 1 is 1.18 bits per heavy atom. The van der Waals surface area contributed by atoms with Crippen LogP contribution in [0, 0.1) is 0 Å². The highest BCUT2D eigenvalue weighted by atomic mass is 79.9. The number of nitrogens with one attached hydrogen (secondary N) is 1. The number of hydrogen-bond donors (Lipinski definition) is 1. The van der Waals surface area contributed by atoms with Gasteiger partial charge < -0.3 is 14.8 Å². The number of amides is 1. The average Bonchev–Trinajstić information content (AvgIpc) is 2.54. The Bertz CT molecular complexity index is 645. The summed E-state index contributed by atoms with van der Waals surface area (Å²) in [6.45, 7) is 1.91. The van der Waals surface area contributed by atoms with Crippen molar-refractivity contribution in [2.45, 2.75) is 19.4 Å². The van der Waals surface area contributed by atoms with E-state index < -0.39 is 6.10 Å². The molecule has 2 aromatic carbocycles. The molecule has 0 aliphatic rings. The Morgan fingerprint density at radius 2 is 1.91 bits per heavy atom. The van der Waals surface area contributed by atoms with E-state index in [4.69, 9.17) is 9.47 Å². The standard InChI is InChI=1S/C17H18BrNO3/c1-3-16(22-13-8-6-7-12(11-13)21-2)17(20)19-15-10-5-4-9-14(15)18/h4-11,16H,3H2,1-2H3,(H,19,20)/t16-/m1/s1. The Balaban J connectivity index is 2.07. The first-order valence-electron chi connectivity index (χ1n) is 7.00. The van der Waals surface area contributed by atoms with Gasteiger partial charge in [0.15, 0.2) is 6.10 Å². The van der Waals surface area contributed by atoms with Crippen molar-refractivity contribution in [1.82, 2.24) is 0 Å². The fraction of sp³-hybridized carbons (Fsp3) is 0.235. The fourth-order valence-corrected chi connectivity index (χ4v) is 2.32. The zero-order valence-electron chi connectivity index (χ0n) is 12.5. The van der Waals surface area contributed by atoms with Gasteiger partial charge in [0, 0.05) is 10.5 Å². The summed E-state index contributed by atoms with van der Waals surface area (Å²) in [5.74, 6) is 1.12. The zero-order chi connectivity index (χ0) is 15.9. The lowest BCUT2D eigenvalue weighted by molar-refractivity contribution is -0.122. The molecule has 0 spiro atoms. The Labute approximate surface area is 138 Å². The molecular formula is C17H18BrNO3. The minimum atomic E-state index is -0.570. The van der Waals surface area contributed by atoms with Gasteiger partial charge in [0.1, 0.15) is 11.5 Å². The van der Waals surface area contributed by atoms with Crippen LogP contribution in [0.15, 0.2) is 53.0 Å². The SMILES string of the molecule is CC[C@@H](Oc1cccc(OC)c1)C(=O)Nc1ccccc1Br. The van der Waals surface area contributed by atoms with Crippen LogP contribution < -0.4 is 14.8 Å². The molecule has 1 amide bonds. The number of anilines is 1. The second-order valence-corrected chi connectivity index (χ2v) is 5.52. The molecule has 116 valence electrons. The average molecular weight is 364 g/mol. The predicted molar refractivity (Wildman–Crippen MR) is 90.5 cm³/mol. The van der Waals surface area contributed by atoms with Crippen molar-refractivity contribution in [3.63, 3.8) is 0 Å². The van der Waals surface area contributed by atoms with Crippen molar-refractivity contribution < 1.29 is 14.3 Å². The summed E-state index contributed by atoms with van der Waals surface area (Å²) in [5, 5.41) is 2.87. The van der Waals surface area contributed by atoms with E-state index in [-0.39, 0.29) is 5.91 Å². The first-order valence-corrected chi connectivity index (χ1v) is 7.79. The molecule has 2 aromatic rings. The Kier molecular flexibility index (Phi) is 5.83. The van der Waals surface area contributed by atoms with Crippen LogP contribution >= 0.6 is 15.9 Å². The maximum Gasteiger partial charge on any atom is 0.265 e. The zero-order valence-corrected chi connectivity index (χ0v) is 14.1. The summed E-state index contributed by atoms with van der Waals surface area (Å²) in [6.07, 6.45) is -0.00718. The number of para-hydroxylation sites is 1. The molecule has 0 heterocycles. The molecular weight excluding hydrogens is 346 g/mol. The van der Waals surface area contributed by atoms with E-state index in [2.05, 4.69) is 21.2 Å². The summed E-state index contributed by atoms with van der Waals surface area (Å²) in [5.41, 5.74) is 0.722. The van der Waals surface area contributed by atoms with Crippen molar-refractivity contribution in [1.29, 1.82) is 0 Å². The predicted octanol–water partition coefficient (Wildman–Crippen LogP) is 4.25. The first kappa shape index (κ1) is 16.4. The van der Waals surface area contributed by atoms with Crippen molar-refractivity contribution in [2.24, 2.45) is 0 Å². The van der Waals surface area contributed by atoms with Crippen molar-refractivity contribution in [3.05, 3.63) is 53.0 Å². The van der Waals surface area contributed by atoms with Crippen molar-refractivity contribution >= 4 is 27.5 Å². The van der Waals surface area contributed by atoms with Gasteiger partial charge in [-0.1, -0.05) is 25.1 Å². The molecule has 0 aromatic heterocycles. The molecule has 1 N–H and O–H groups in total. The Morgan fingerprint density at radius 3 is 2.59 bits per heavy atom. The van der Waals surface area contributed by atoms with E-state index in [1.807, 2.05) is 43.3 Å². The summed E-state index contributed by atoms with van der Waals surface area (Å²) in [6, 6.07) is 14.7. The van der Waals surface area contributed by atoms with Crippen LogP contribution in [-0.2, 0) is 4.79 Å². The summed E-state index contributed by atoms with van der Waals surface area (Å²) in [7, 11) is 1.59. The molecule has 4 nitrogen and oxygen atoms in total. The second kappa shape index (κ2) is 7.84. The van der Waals surface area contributed by atoms with Crippen LogP contribution in [0.1, 0.15) is 13.3 Å². The highest BCUT2D eigenvalue weighted by Gasteiger charge is 2.19. The van der Waals surface area contributed by atoms with Crippen molar-refractivity contribution in [2.75, 3.05) is 12.4 Å². The monoisotopic (exact) mass is 363 g/mol. The lowest BCUT2D eigenvalue weighted by Crippen LogP contribution is -2.32. The van der Waals surface area contributed by atoms with Gasteiger partial charge in [-0.25, -0.2) is 0 Å². The van der Waals surface area contributed by atoms with Gasteiger partial charge in [0.2, 0.25) is 0 Å². The van der Waals surface area contributed by atoms with Crippen LogP contribution in [0.4, 0.5) is 5.69 Å². The summed E-state index contributed by atoms with van der Waals surface area (Å²) < 4.78 is 11.8. The second-order valence-electron chi connectivity index (χ2n) is 4.66. The maximum absolute atomic E-state index is 12.4. The molecule has 2 rings (SSSR count). The van der Waals surface area contributed by atoms with Crippen LogP contribution in [-0.4, -0.2) is 19.1 Å². The molecule has 0 fully saturated rings. The number of rotatable bonds is 6. The Hall–Kier alpha value is -2.01. The highest BCUT2D eigenvalue weighted by molar-refractivity contribution is 9.10. The van der Waals surface area contributed by atoms with Crippen LogP contribution in [0.3, 0.4) is 0 Å². The minimum Gasteiger partial charge on any atom is -0.497 e. The molecule has 22 heavy (non-hydrogen) atoms. The number of hydrogen-bond acceptors (Lipinski definition) is 3. The van der Waals surface area contributed by atoms with E-state index in [0.29, 0.717) is 17.9 Å². The highest BCUT2D eigenvalue weighted by Crippen LogP contribution is 2.23. The topological polar surface area (TPSA) is 47.6 Å². The molecule has 0 unspecified atom stereocenters. The smallest absolute Gasteiger partial charge is 0.265 e. The van der Waals surface area contributed by atoms with Gasteiger partial charge >= 0.3 is 0 Å². The first-order chi connectivity index (χ1) is 10.6. The van der Waals surface area contributed by atoms with Crippen molar-refractivity contribution in [3.8, 4) is 11.5 Å². The number of benzene rings is 2. The van der Waals surface area contributed by atoms with E-state index >= 15 is 0 Å². The fourth-order valence-electron chi connectivity index (χ4n) is 1.94. The largest absolute Gasteiger partial charge is 0.497 e. The van der Waals surface area contributed by atoms with E-state index in [0.717, 1.165) is 10.2 Å². The van der Waals surface area contributed by atoms with Gasteiger partial charge in [-0.15, -0.1) is 0 Å². The normalized spacial score (nSPS) is 11.6. The van der Waals surface area contributed by atoms with E-state index in [9.17, 15) is 4.79 Å². The molecule has 0 saturated carbocycles. The third kappa shape index (κ3) is 4.24. The molecule has 0 saturated heterocycles. The van der Waals surface area contributed by atoms with Gasteiger partial charge in [-0.3, -0.25) is 4.79 Å². The quantitative estimate of drug-likeness (QED) is 0.834. The number of carbonyl (C=O) groups is 1. The van der Waals surface area contributed by atoms with Crippen LogP contribution in [0.2, 0.25) is 0 Å². The molecule has 0 aliphatic heterocycles. The number of carbonyl (C=O) groups excluding carboxylic acids is 1. The minimum absolute atomic E-state index is 0.183. The summed E-state index contributed by atoms with van der Waals surface area (Å²) >= 11 is 3.41. The molecule has 0 radical (unpaired) electrons. The third-order valence-corrected chi connectivity index (χ3v) is 3.81. The van der Waals surface area contributed by atoms with Gasteiger partial charge in [-0.05, 0) is 46.6 Å². The van der Waals surface area contributed by atoms with Crippen LogP contribution in [0.5, 0.6) is 11.5 Å².